The van der Waals surface area contributed by atoms with Crippen molar-refractivity contribution in [2.75, 3.05) is 0 Å². The molecule has 2 aromatic rings. The van der Waals surface area contributed by atoms with E-state index < -0.39 is 187 Å². The van der Waals surface area contributed by atoms with Crippen molar-refractivity contribution in [1.82, 2.24) is 47.9 Å². The summed E-state index contributed by atoms with van der Waals surface area (Å²) in [6.45, 7) is 14.5. The third-order valence-corrected chi connectivity index (χ3v) is 14.9. The molecule has 0 aliphatic carbocycles. The minimum atomic E-state index is -2.05. The largest absolute Gasteiger partial charge is 0.508 e. The fourth-order valence-corrected chi connectivity index (χ4v) is 8.85. The van der Waals surface area contributed by atoms with Crippen molar-refractivity contribution < 1.29 is 93.0 Å². The lowest BCUT2D eigenvalue weighted by Gasteiger charge is -2.30. The molecule has 2 rings (SSSR count). The molecule has 30 heteroatoms. The number of primary amides is 1. The Kier molecular flexibility index (Phi) is 31.7. The molecule has 0 aromatic heterocycles. The summed E-state index contributed by atoms with van der Waals surface area (Å²) < 4.78 is 0. The number of amides is 10. The molecular weight excluding hydrogens is 1170 g/mol. The number of carboxylic acids is 3. The van der Waals surface area contributed by atoms with Crippen molar-refractivity contribution in [3.63, 3.8) is 0 Å². The van der Waals surface area contributed by atoms with E-state index in [-0.39, 0.29) is 49.0 Å². The van der Waals surface area contributed by atoms with E-state index in [9.17, 15) is 93.0 Å². The second-order valence-corrected chi connectivity index (χ2v) is 22.7. The minimum absolute atomic E-state index is 0.0925. The second kappa shape index (κ2) is 37.0. The van der Waals surface area contributed by atoms with Crippen molar-refractivity contribution in [2.45, 2.75) is 193 Å². The highest BCUT2D eigenvalue weighted by Gasteiger charge is 2.39. The molecule has 0 fully saturated rings. The van der Waals surface area contributed by atoms with Gasteiger partial charge in [0.25, 0.3) is 0 Å². The number of nitrogens with two attached hydrogens (primary N) is 2. The van der Waals surface area contributed by atoms with Crippen LogP contribution in [-0.2, 0) is 75.2 Å². The van der Waals surface area contributed by atoms with E-state index in [1.807, 2.05) is 6.92 Å². The fourth-order valence-electron chi connectivity index (χ4n) is 8.85. The number of carbonyl (C=O) groups is 13. The normalized spacial score (nSPS) is 15.9. The van der Waals surface area contributed by atoms with Crippen LogP contribution in [-0.4, -0.2) is 174 Å². The maximum absolute atomic E-state index is 14.6. The van der Waals surface area contributed by atoms with Gasteiger partial charge in [-0.2, -0.15) is 0 Å². The second-order valence-electron chi connectivity index (χ2n) is 22.7. The van der Waals surface area contributed by atoms with E-state index >= 15 is 0 Å². The molecule has 10 amide bonds. The van der Waals surface area contributed by atoms with Crippen LogP contribution in [0.5, 0.6) is 11.5 Å². The zero-order chi connectivity index (χ0) is 67.6. The number of rotatable bonds is 39. The molecule has 0 radical (unpaired) electrons. The molecule has 2 aromatic carbocycles. The van der Waals surface area contributed by atoms with E-state index in [0.29, 0.717) is 17.5 Å². The van der Waals surface area contributed by atoms with Crippen molar-refractivity contribution >= 4 is 77.0 Å². The quantitative estimate of drug-likeness (QED) is 0.0360. The van der Waals surface area contributed by atoms with Gasteiger partial charge in [-0.1, -0.05) is 98.9 Å². The maximum Gasteiger partial charge on any atom is 0.326 e. The topological polar surface area (TPSA) is 504 Å². The van der Waals surface area contributed by atoms with Gasteiger partial charge in [-0.05, 0) is 78.8 Å². The first-order valence-electron chi connectivity index (χ1n) is 29.3. The summed E-state index contributed by atoms with van der Waals surface area (Å²) >= 11 is 0. The lowest BCUT2D eigenvalue weighted by molar-refractivity contribution is -0.145. The van der Waals surface area contributed by atoms with E-state index in [0.717, 1.165) is 0 Å². The van der Waals surface area contributed by atoms with E-state index in [1.54, 1.807) is 41.5 Å². The predicted molar refractivity (Wildman–Crippen MR) is 319 cm³/mol. The lowest BCUT2D eigenvalue weighted by Crippen LogP contribution is -2.62. The Morgan fingerprint density at radius 1 is 0.427 bits per heavy atom. The van der Waals surface area contributed by atoms with Gasteiger partial charge in [0.1, 0.15) is 65.9 Å². The van der Waals surface area contributed by atoms with Crippen molar-refractivity contribution in [2.24, 2.45) is 35.1 Å². The first-order chi connectivity index (χ1) is 41.6. The Morgan fingerprint density at radius 3 is 1.13 bits per heavy atom. The summed E-state index contributed by atoms with van der Waals surface area (Å²) in [4.78, 5) is 175. The Balaban J connectivity index is 2.65. The van der Waals surface area contributed by atoms with Crippen LogP contribution in [0.3, 0.4) is 0 Å². The number of aliphatic carboxylic acids is 3. The SMILES string of the molecule is CC[C@H](C)[C@H](N)C(=O)N[C@H](C(=O)N[C@H](C(=O)N[C@@H](Cc1ccc(O)cc1)C(=O)N[C@@H](CCC(N)=O)C(=O)N[C@@H](Cc1ccc(O)cc1)C(=O)N[C@H](C(=O)N[C@@H](CC(=O)O)C(=O)N[C@@H](CC(=O)O)C(=O)N[C@@H](CC(C)C)C(=O)O)[C@@H](C)CC)[C@@H](C)CC)[C@@H](C)O. The van der Waals surface area contributed by atoms with Gasteiger partial charge in [0.15, 0.2) is 0 Å². The number of aliphatic hydroxyl groups excluding tert-OH is 1. The molecule has 0 aliphatic heterocycles. The van der Waals surface area contributed by atoms with Crippen molar-refractivity contribution in [3.05, 3.63) is 59.7 Å². The van der Waals surface area contributed by atoms with Crippen LogP contribution in [0, 0.1) is 23.7 Å². The van der Waals surface area contributed by atoms with Crippen molar-refractivity contribution in [3.8, 4) is 11.5 Å². The molecule has 30 nitrogen and oxygen atoms in total. The standard InChI is InChI=1S/C59H89N11O19/c1-10-29(6)46(61)55(84)70-49(32(9)71)58(87)69-48(31(8)12-3)57(86)65-38(24-33-13-17-35(72)18-14-33)51(80)62-37(21-22-43(60)74)50(79)63-39(25-34-15-19-36(73)20-16-34)54(83)68-47(30(7)11-2)56(85)66-41(27-45(77)78)52(81)64-40(26-44(75)76)53(82)67-42(59(88)89)23-28(4)5/h13-20,28-32,37-42,46-49,71-73H,10-12,21-27,61H2,1-9H3,(H2,60,74)(H,62,80)(H,63,79)(H,64,81)(H,65,86)(H,66,85)(H,67,82)(H,68,83)(H,69,87)(H,70,84)(H,75,76)(H,77,78)(H,88,89)/t29-,30-,31-,32+,37-,38-,39-,40-,41-,42-,46-,47-,48-,49-/m0/s1. The molecule has 14 atom stereocenters. The van der Waals surface area contributed by atoms with Crippen LogP contribution in [0.15, 0.2) is 48.5 Å². The van der Waals surface area contributed by atoms with Crippen LogP contribution in [0.4, 0.5) is 0 Å². The Hall–Kier alpha value is -8.93. The highest BCUT2D eigenvalue weighted by molar-refractivity contribution is 6.00. The van der Waals surface area contributed by atoms with E-state index in [4.69, 9.17) is 11.5 Å². The number of carbonyl (C=O) groups excluding carboxylic acids is 10. The molecule has 0 saturated heterocycles. The first kappa shape index (κ1) is 76.2. The van der Waals surface area contributed by atoms with Crippen molar-refractivity contribution in [1.29, 1.82) is 0 Å². The van der Waals surface area contributed by atoms with Gasteiger partial charge in [0.05, 0.1) is 25.0 Å². The van der Waals surface area contributed by atoms with Gasteiger partial charge >= 0.3 is 17.9 Å². The zero-order valence-electron chi connectivity index (χ0n) is 51.5. The number of carboxylic acid groups (broad SMARTS) is 3. The molecule has 19 N–H and O–H groups in total. The molecular formula is C59H89N11O19. The van der Waals surface area contributed by atoms with Gasteiger partial charge < -0.3 is 90.0 Å². The van der Waals surface area contributed by atoms with Gasteiger partial charge in [0, 0.05) is 19.3 Å². The summed E-state index contributed by atoms with van der Waals surface area (Å²) in [5, 5.41) is 81.5. The van der Waals surface area contributed by atoms with Gasteiger partial charge in [-0.15, -0.1) is 0 Å². The average Bonchev–Trinajstić information content (AvgIpc) is 3.61. The van der Waals surface area contributed by atoms with Crippen LogP contribution in [0.1, 0.15) is 125 Å². The number of phenolic OH excluding ortho intramolecular Hbond substituents is 2. The number of aliphatic hydroxyl groups is 1. The first-order valence-corrected chi connectivity index (χ1v) is 29.3. The van der Waals surface area contributed by atoms with Gasteiger partial charge in [0.2, 0.25) is 59.1 Å². The summed E-state index contributed by atoms with van der Waals surface area (Å²) in [5.74, 6) is -17.8. The minimum Gasteiger partial charge on any atom is -0.508 e. The number of nitrogens with one attached hydrogen (secondary N) is 9. The van der Waals surface area contributed by atoms with Gasteiger partial charge in [-0.3, -0.25) is 57.5 Å². The van der Waals surface area contributed by atoms with Crippen LogP contribution in [0.2, 0.25) is 0 Å². The molecule has 0 heterocycles. The molecule has 494 valence electrons. The van der Waals surface area contributed by atoms with E-state index in [1.165, 1.54) is 62.4 Å². The maximum atomic E-state index is 14.6. The molecule has 0 aliphatic rings. The number of aromatic hydroxyl groups is 2. The summed E-state index contributed by atoms with van der Waals surface area (Å²) in [5.41, 5.74) is 12.3. The Bertz CT molecular complexity index is 2780. The summed E-state index contributed by atoms with van der Waals surface area (Å²) in [7, 11) is 0. The Morgan fingerprint density at radius 2 is 0.753 bits per heavy atom. The monoisotopic (exact) mass is 1260 g/mol. The smallest absolute Gasteiger partial charge is 0.326 e. The zero-order valence-corrected chi connectivity index (χ0v) is 51.5. The number of hydrogen-bond acceptors (Lipinski definition) is 17. The molecule has 0 saturated carbocycles. The molecule has 0 unspecified atom stereocenters. The molecule has 0 bridgehead atoms. The Labute approximate surface area is 515 Å². The van der Waals surface area contributed by atoms with Crippen LogP contribution < -0.4 is 59.3 Å². The van der Waals surface area contributed by atoms with Gasteiger partial charge in [-0.25, -0.2) is 4.79 Å². The summed E-state index contributed by atoms with van der Waals surface area (Å²) in [6.07, 6.45) is -4.69. The summed E-state index contributed by atoms with van der Waals surface area (Å²) in [6, 6.07) is -5.54. The average molecular weight is 1260 g/mol. The van der Waals surface area contributed by atoms with Crippen LogP contribution >= 0.6 is 0 Å². The highest BCUT2D eigenvalue weighted by atomic mass is 16.4. The number of benzene rings is 2. The number of phenols is 2. The number of hydrogen-bond donors (Lipinski definition) is 17. The van der Waals surface area contributed by atoms with E-state index in [2.05, 4.69) is 47.9 Å². The van der Waals surface area contributed by atoms with Crippen LogP contribution in [0.25, 0.3) is 0 Å². The fraction of sp³-hybridized carbons (Fsp3) is 0.576. The third-order valence-electron chi connectivity index (χ3n) is 14.9. The highest BCUT2D eigenvalue weighted by Crippen LogP contribution is 2.18. The molecule has 89 heavy (non-hydrogen) atoms. The molecule has 0 spiro atoms. The lowest BCUT2D eigenvalue weighted by atomic mass is 9.96. The third kappa shape index (κ3) is 26.1. The predicted octanol–water partition coefficient (Wildman–Crippen LogP) is -1.56.